The van der Waals surface area contributed by atoms with Crippen molar-refractivity contribution >= 4 is 21.8 Å². The Labute approximate surface area is 162 Å². The van der Waals surface area contributed by atoms with Crippen molar-refractivity contribution < 1.29 is 9.53 Å². The van der Waals surface area contributed by atoms with E-state index < -0.39 is 0 Å². The van der Waals surface area contributed by atoms with Crippen LogP contribution in [0.15, 0.2) is 34.9 Å². The maximum atomic E-state index is 12.8. The van der Waals surface area contributed by atoms with Crippen molar-refractivity contribution in [3.8, 4) is 5.75 Å². The van der Waals surface area contributed by atoms with Crippen LogP contribution in [0.4, 0.5) is 0 Å². The van der Waals surface area contributed by atoms with Crippen LogP contribution in [0.1, 0.15) is 24.2 Å². The normalized spacial score (nSPS) is 16.5. The van der Waals surface area contributed by atoms with Crippen LogP contribution in [0.2, 0.25) is 0 Å². The zero-order chi connectivity index (χ0) is 18.7. The highest BCUT2D eigenvalue weighted by molar-refractivity contribution is 9.10. The van der Waals surface area contributed by atoms with E-state index in [1.54, 1.807) is 11.8 Å². The summed E-state index contributed by atoms with van der Waals surface area (Å²) in [6, 6.07) is 7.86. The Morgan fingerprint density at radius 3 is 2.65 bits per heavy atom. The molecule has 1 aliphatic rings. The molecule has 0 radical (unpaired) electrons. The number of carbonyl (C=O) groups is 1. The molecule has 1 aliphatic heterocycles. The topological polar surface area (TPSA) is 50.6 Å². The second-order valence-corrected chi connectivity index (χ2v) is 7.53. The van der Waals surface area contributed by atoms with Crippen LogP contribution >= 0.6 is 15.9 Å². The fraction of sp³-hybridized carbons (Fsp3) is 0.474. The highest BCUT2D eigenvalue weighted by Crippen LogP contribution is 2.19. The maximum absolute atomic E-state index is 12.8. The highest BCUT2D eigenvalue weighted by Gasteiger charge is 2.26. The Morgan fingerprint density at radius 2 is 2.04 bits per heavy atom. The number of aromatic nitrogens is 2. The van der Waals surface area contributed by atoms with Gasteiger partial charge in [0.15, 0.2) is 0 Å². The number of rotatable bonds is 5. The minimum Gasteiger partial charge on any atom is -0.497 e. The van der Waals surface area contributed by atoms with Gasteiger partial charge in [0.2, 0.25) is 5.91 Å². The molecule has 26 heavy (non-hydrogen) atoms. The molecule has 0 bridgehead atoms. The second-order valence-electron chi connectivity index (χ2n) is 6.67. The molecule has 1 unspecified atom stereocenters. The Morgan fingerprint density at radius 1 is 1.31 bits per heavy atom. The molecule has 1 saturated heterocycles. The Balaban J connectivity index is 1.55. The lowest BCUT2D eigenvalue weighted by atomic mass is 10.1. The van der Waals surface area contributed by atoms with Gasteiger partial charge in [-0.15, -0.1) is 0 Å². The van der Waals surface area contributed by atoms with E-state index in [4.69, 9.17) is 4.74 Å². The summed E-state index contributed by atoms with van der Waals surface area (Å²) in [6.45, 7) is 7.94. The van der Waals surface area contributed by atoms with Gasteiger partial charge in [0.05, 0.1) is 17.3 Å². The SMILES string of the molecule is COc1cccc(CN2CCN(C(=O)C(C)n3cc(Br)c(C)n3)CC2)c1. The van der Waals surface area contributed by atoms with Crippen molar-refractivity contribution in [2.75, 3.05) is 33.3 Å². The van der Waals surface area contributed by atoms with Gasteiger partial charge in [-0.05, 0) is 47.5 Å². The molecule has 0 N–H and O–H groups in total. The monoisotopic (exact) mass is 420 g/mol. The van der Waals surface area contributed by atoms with Gasteiger partial charge >= 0.3 is 0 Å². The Hall–Kier alpha value is -1.86. The predicted octanol–water partition coefficient (Wildman–Crippen LogP) is 2.87. The molecule has 6 nitrogen and oxygen atoms in total. The molecular formula is C19H25BrN4O2. The van der Waals surface area contributed by atoms with Crippen molar-refractivity contribution in [3.63, 3.8) is 0 Å². The van der Waals surface area contributed by atoms with Gasteiger partial charge in [0.25, 0.3) is 0 Å². The Bertz CT molecular complexity index is 749. The fourth-order valence-corrected chi connectivity index (χ4v) is 3.48. The second kappa shape index (κ2) is 8.22. The number of carbonyl (C=O) groups excluding carboxylic acids is 1. The number of halogens is 1. The first kappa shape index (κ1) is 18.9. The lowest BCUT2D eigenvalue weighted by Crippen LogP contribution is -2.49. The number of hydrogen-bond donors (Lipinski definition) is 0. The number of methoxy groups -OCH3 is 1. The molecule has 2 heterocycles. The number of aryl methyl sites for hydroxylation is 1. The molecule has 0 aliphatic carbocycles. The summed E-state index contributed by atoms with van der Waals surface area (Å²) in [4.78, 5) is 17.1. The molecule has 1 aromatic heterocycles. The highest BCUT2D eigenvalue weighted by atomic mass is 79.9. The van der Waals surface area contributed by atoms with Crippen LogP contribution in [0.5, 0.6) is 5.75 Å². The summed E-state index contributed by atoms with van der Waals surface area (Å²) in [5.41, 5.74) is 2.13. The van der Waals surface area contributed by atoms with E-state index in [2.05, 4.69) is 38.1 Å². The third kappa shape index (κ3) is 4.27. The number of benzene rings is 1. The van der Waals surface area contributed by atoms with Gasteiger partial charge in [-0.3, -0.25) is 14.4 Å². The minimum atomic E-state index is -0.287. The summed E-state index contributed by atoms with van der Waals surface area (Å²) >= 11 is 3.46. The van der Waals surface area contributed by atoms with E-state index in [9.17, 15) is 4.79 Å². The van der Waals surface area contributed by atoms with E-state index >= 15 is 0 Å². The Kier molecular flexibility index (Phi) is 5.98. The first-order chi connectivity index (χ1) is 12.5. The lowest BCUT2D eigenvalue weighted by molar-refractivity contribution is -0.136. The molecule has 140 valence electrons. The minimum absolute atomic E-state index is 0.126. The van der Waals surface area contributed by atoms with Crippen LogP contribution in [0.3, 0.4) is 0 Å². The number of ether oxygens (including phenoxy) is 1. The summed E-state index contributed by atoms with van der Waals surface area (Å²) in [7, 11) is 1.68. The molecule has 1 aromatic carbocycles. The van der Waals surface area contributed by atoms with Gasteiger partial charge in [-0.1, -0.05) is 12.1 Å². The van der Waals surface area contributed by atoms with E-state index in [1.807, 2.05) is 37.1 Å². The quantitative estimate of drug-likeness (QED) is 0.745. The molecule has 1 atom stereocenters. The van der Waals surface area contributed by atoms with Crippen LogP contribution in [-0.4, -0.2) is 58.8 Å². The molecule has 2 aromatic rings. The number of nitrogens with zero attached hydrogens (tertiary/aromatic N) is 4. The van der Waals surface area contributed by atoms with Crippen molar-refractivity contribution in [1.29, 1.82) is 0 Å². The average molecular weight is 421 g/mol. The first-order valence-electron chi connectivity index (χ1n) is 8.83. The summed E-state index contributed by atoms with van der Waals surface area (Å²) < 4.78 is 7.96. The third-order valence-corrected chi connectivity index (χ3v) is 5.61. The number of hydrogen-bond acceptors (Lipinski definition) is 4. The van der Waals surface area contributed by atoms with Gasteiger partial charge < -0.3 is 9.64 Å². The van der Waals surface area contributed by atoms with Crippen LogP contribution in [0, 0.1) is 6.92 Å². The zero-order valence-electron chi connectivity index (χ0n) is 15.5. The predicted molar refractivity (Wildman–Crippen MR) is 104 cm³/mol. The third-order valence-electron chi connectivity index (χ3n) is 4.84. The molecule has 0 saturated carbocycles. The summed E-state index contributed by atoms with van der Waals surface area (Å²) in [6.07, 6.45) is 1.87. The van der Waals surface area contributed by atoms with Gasteiger partial charge in [0, 0.05) is 38.9 Å². The van der Waals surface area contributed by atoms with Crippen LogP contribution < -0.4 is 4.74 Å². The molecule has 0 spiro atoms. The van der Waals surface area contributed by atoms with E-state index in [1.165, 1.54) is 5.56 Å². The zero-order valence-corrected chi connectivity index (χ0v) is 17.1. The van der Waals surface area contributed by atoms with E-state index in [-0.39, 0.29) is 11.9 Å². The van der Waals surface area contributed by atoms with Crippen LogP contribution in [-0.2, 0) is 11.3 Å². The van der Waals surface area contributed by atoms with E-state index in [0.717, 1.165) is 48.6 Å². The fourth-order valence-electron chi connectivity index (χ4n) is 3.19. The van der Waals surface area contributed by atoms with Crippen molar-refractivity contribution in [3.05, 3.63) is 46.2 Å². The van der Waals surface area contributed by atoms with Gasteiger partial charge in [-0.2, -0.15) is 5.10 Å². The largest absolute Gasteiger partial charge is 0.497 e. The number of amides is 1. The first-order valence-corrected chi connectivity index (χ1v) is 9.62. The summed E-state index contributed by atoms with van der Waals surface area (Å²) in [5.74, 6) is 1.01. The molecule has 1 fully saturated rings. The van der Waals surface area contributed by atoms with Crippen LogP contribution in [0.25, 0.3) is 0 Å². The molecule has 7 heteroatoms. The van der Waals surface area contributed by atoms with Crippen molar-refractivity contribution in [2.24, 2.45) is 0 Å². The van der Waals surface area contributed by atoms with Crippen molar-refractivity contribution in [1.82, 2.24) is 19.6 Å². The molecule has 3 rings (SSSR count). The lowest BCUT2D eigenvalue weighted by Gasteiger charge is -2.36. The maximum Gasteiger partial charge on any atom is 0.247 e. The molecule has 1 amide bonds. The van der Waals surface area contributed by atoms with Crippen molar-refractivity contribution in [2.45, 2.75) is 26.4 Å². The summed E-state index contributed by atoms with van der Waals surface area (Å²) in [5, 5.41) is 4.41. The van der Waals surface area contributed by atoms with Gasteiger partial charge in [-0.25, -0.2) is 0 Å². The van der Waals surface area contributed by atoms with E-state index in [0.29, 0.717) is 0 Å². The molecular weight excluding hydrogens is 396 g/mol. The standard InChI is InChI=1S/C19H25BrN4O2/c1-14-18(20)13-24(21-14)15(2)19(25)23-9-7-22(8-10-23)12-16-5-4-6-17(11-16)26-3/h4-6,11,13,15H,7-10,12H2,1-3H3. The number of piperazine rings is 1. The van der Waals surface area contributed by atoms with Gasteiger partial charge in [0.1, 0.15) is 11.8 Å². The average Bonchev–Trinajstić information content (AvgIpc) is 3.00. The smallest absolute Gasteiger partial charge is 0.247 e.